The lowest BCUT2D eigenvalue weighted by Gasteiger charge is -2.16. The molecule has 1 aromatic carbocycles. The van der Waals surface area contributed by atoms with Gasteiger partial charge in [0.2, 0.25) is 5.95 Å². The Morgan fingerprint density at radius 3 is 2.64 bits per heavy atom. The molecule has 0 spiro atoms. The van der Waals surface area contributed by atoms with Gasteiger partial charge in [-0.2, -0.15) is 0 Å². The van der Waals surface area contributed by atoms with Crippen LogP contribution in [0.3, 0.4) is 0 Å². The van der Waals surface area contributed by atoms with Crippen LogP contribution in [-0.4, -0.2) is 21.9 Å². The first-order valence-corrected chi connectivity index (χ1v) is 8.13. The fourth-order valence-electron chi connectivity index (χ4n) is 2.50. The third-order valence-electron chi connectivity index (χ3n) is 3.56. The summed E-state index contributed by atoms with van der Waals surface area (Å²) >= 11 is 0. The van der Waals surface area contributed by atoms with Crippen molar-refractivity contribution < 1.29 is 13.6 Å². The monoisotopic (exact) mass is 348 g/mol. The van der Waals surface area contributed by atoms with E-state index in [9.17, 15) is 13.6 Å². The molecule has 0 saturated heterocycles. The molecule has 0 bridgehead atoms. The summed E-state index contributed by atoms with van der Waals surface area (Å²) in [5.41, 5.74) is 0.702. The van der Waals surface area contributed by atoms with Gasteiger partial charge in [-0.3, -0.25) is 4.79 Å². The molecule has 0 aliphatic rings. The summed E-state index contributed by atoms with van der Waals surface area (Å²) in [4.78, 5) is 20.6. The number of rotatable bonds is 6. The highest BCUT2D eigenvalue weighted by Gasteiger charge is 2.16. The molecule has 1 heterocycles. The van der Waals surface area contributed by atoms with E-state index in [1.807, 2.05) is 6.92 Å². The van der Waals surface area contributed by atoms with Gasteiger partial charge in [0.1, 0.15) is 17.3 Å². The molecule has 1 aromatic heterocycles. The van der Waals surface area contributed by atoms with Crippen LogP contribution in [0.4, 0.5) is 20.4 Å². The molecule has 1 amide bonds. The molecule has 0 fully saturated rings. The van der Waals surface area contributed by atoms with Gasteiger partial charge in [0, 0.05) is 18.3 Å². The summed E-state index contributed by atoms with van der Waals surface area (Å²) in [6, 6.07) is 3.03. The van der Waals surface area contributed by atoms with Crippen molar-refractivity contribution in [3.63, 3.8) is 0 Å². The third kappa shape index (κ3) is 5.20. The fourth-order valence-corrected chi connectivity index (χ4v) is 2.50. The Morgan fingerprint density at radius 2 is 1.96 bits per heavy atom. The van der Waals surface area contributed by atoms with Crippen LogP contribution in [-0.2, 0) is 0 Å². The standard InChI is InChI=1S/C18H22F2N4O/c1-10(2)7-12(4)22-17(25)16-11(3)9-21-18(24-16)23-15-8-13(19)5-6-14(15)20/h5-6,8-10,12H,7H2,1-4H3,(H,22,25)(H,21,23,24). The molecule has 0 aliphatic heterocycles. The van der Waals surface area contributed by atoms with Crippen molar-refractivity contribution in [1.29, 1.82) is 0 Å². The van der Waals surface area contributed by atoms with Crippen molar-refractivity contribution in [1.82, 2.24) is 15.3 Å². The van der Waals surface area contributed by atoms with E-state index in [1.165, 1.54) is 6.20 Å². The number of amides is 1. The predicted molar refractivity (Wildman–Crippen MR) is 92.8 cm³/mol. The largest absolute Gasteiger partial charge is 0.348 e. The topological polar surface area (TPSA) is 66.9 Å². The summed E-state index contributed by atoms with van der Waals surface area (Å²) in [6.45, 7) is 7.80. The molecule has 1 unspecified atom stereocenters. The van der Waals surface area contributed by atoms with Crippen LogP contribution in [0.25, 0.3) is 0 Å². The molecule has 2 N–H and O–H groups in total. The lowest BCUT2D eigenvalue weighted by molar-refractivity contribution is 0.0930. The van der Waals surface area contributed by atoms with Gasteiger partial charge in [0.25, 0.3) is 5.91 Å². The summed E-state index contributed by atoms with van der Waals surface area (Å²) in [7, 11) is 0. The van der Waals surface area contributed by atoms with Gasteiger partial charge in [-0.05, 0) is 43.9 Å². The summed E-state index contributed by atoms with van der Waals surface area (Å²) in [5, 5.41) is 5.49. The number of nitrogens with one attached hydrogen (secondary N) is 2. The Balaban J connectivity index is 2.19. The number of anilines is 2. The molecule has 7 heteroatoms. The van der Waals surface area contributed by atoms with Gasteiger partial charge < -0.3 is 10.6 Å². The first-order chi connectivity index (χ1) is 11.8. The molecule has 25 heavy (non-hydrogen) atoms. The second-order valence-corrected chi connectivity index (χ2v) is 6.48. The highest BCUT2D eigenvalue weighted by Crippen LogP contribution is 2.19. The Labute approximate surface area is 145 Å². The van der Waals surface area contributed by atoms with E-state index in [2.05, 4.69) is 34.4 Å². The molecule has 1 atom stereocenters. The van der Waals surface area contributed by atoms with E-state index in [0.717, 1.165) is 24.6 Å². The smallest absolute Gasteiger partial charge is 0.270 e. The third-order valence-corrected chi connectivity index (χ3v) is 3.56. The summed E-state index contributed by atoms with van der Waals surface area (Å²) < 4.78 is 27.0. The van der Waals surface area contributed by atoms with E-state index < -0.39 is 11.6 Å². The van der Waals surface area contributed by atoms with Gasteiger partial charge >= 0.3 is 0 Å². The van der Waals surface area contributed by atoms with Crippen LogP contribution in [0.2, 0.25) is 0 Å². The number of aromatic nitrogens is 2. The van der Waals surface area contributed by atoms with Crippen molar-refractivity contribution in [2.45, 2.75) is 40.2 Å². The highest BCUT2D eigenvalue weighted by molar-refractivity contribution is 5.94. The Morgan fingerprint density at radius 1 is 1.24 bits per heavy atom. The van der Waals surface area contributed by atoms with Crippen molar-refractivity contribution in [3.05, 3.63) is 47.3 Å². The number of halogens is 2. The van der Waals surface area contributed by atoms with Crippen LogP contribution >= 0.6 is 0 Å². The molecule has 0 saturated carbocycles. The lowest BCUT2D eigenvalue weighted by Crippen LogP contribution is -2.34. The number of hydrogen-bond donors (Lipinski definition) is 2. The van der Waals surface area contributed by atoms with Gasteiger partial charge in [-0.15, -0.1) is 0 Å². The zero-order valence-electron chi connectivity index (χ0n) is 14.7. The van der Waals surface area contributed by atoms with Gasteiger partial charge in [-0.1, -0.05) is 13.8 Å². The molecule has 0 aliphatic carbocycles. The molecule has 5 nitrogen and oxygen atoms in total. The molecule has 2 aromatic rings. The maximum atomic E-state index is 13.7. The number of carbonyl (C=O) groups is 1. The van der Waals surface area contributed by atoms with Gasteiger partial charge in [-0.25, -0.2) is 18.7 Å². The SMILES string of the molecule is Cc1cnc(Nc2cc(F)ccc2F)nc1C(=O)NC(C)CC(C)C. The number of aryl methyl sites for hydroxylation is 1. The maximum Gasteiger partial charge on any atom is 0.270 e. The van der Waals surface area contributed by atoms with E-state index in [0.29, 0.717) is 11.5 Å². The van der Waals surface area contributed by atoms with Crippen LogP contribution in [0.1, 0.15) is 43.2 Å². The maximum absolute atomic E-state index is 13.7. The minimum Gasteiger partial charge on any atom is -0.348 e. The lowest BCUT2D eigenvalue weighted by atomic mass is 10.1. The first kappa shape index (κ1) is 18.8. The van der Waals surface area contributed by atoms with Crippen LogP contribution < -0.4 is 10.6 Å². The Kier molecular flexibility index (Phi) is 6.01. The number of benzene rings is 1. The average molecular weight is 348 g/mol. The highest BCUT2D eigenvalue weighted by atomic mass is 19.1. The Bertz CT molecular complexity index is 765. The zero-order chi connectivity index (χ0) is 18.6. The van der Waals surface area contributed by atoms with Crippen molar-refractivity contribution in [3.8, 4) is 0 Å². The minimum absolute atomic E-state index is 0.000983. The normalized spacial score (nSPS) is 12.1. The first-order valence-electron chi connectivity index (χ1n) is 8.13. The van der Waals surface area contributed by atoms with Crippen LogP contribution in [0, 0.1) is 24.5 Å². The fraction of sp³-hybridized carbons (Fsp3) is 0.389. The van der Waals surface area contributed by atoms with Crippen molar-refractivity contribution >= 4 is 17.5 Å². The summed E-state index contributed by atoms with van der Waals surface area (Å²) in [5.74, 6) is -1.07. The van der Waals surface area contributed by atoms with Gasteiger partial charge in [0.15, 0.2) is 0 Å². The summed E-state index contributed by atoms with van der Waals surface area (Å²) in [6.07, 6.45) is 2.31. The van der Waals surface area contributed by atoms with E-state index in [1.54, 1.807) is 6.92 Å². The van der Waals surface area contributed by atoms with Crippen LogP contribution in [0.5, 0.6) is 0 Å². The number of carbonyl (C=O) groups excluding carboxylic acids is 1. The van der Waals surface area contributed by atoms with E-state index in [-0.39, 0.29) is 29.3 Å². The molecular formula is C18H22F2N4O. The predicted octanol–water partition coefficient (Wildman–Crippen LogP) is 3.97. The second kappa shape index (κ2) is 8.00. The zero-order valence-corrected chi connectivity index (χ0v) is 14.7. The molecule has 134 valence electrons. The minimum atomic E-state index is -0.637. The van der Waals surface area contributed by atoms with Gasteiger partial charge in [0.05, 0.1) is 5.69 Å². The van der Waals surface area contributed by atoms with E-state index >= 15 is 0 Å². The van der Waals surface area contributed by atoms with E-state index in [4.69, 9.17) is 0 Å². The average Bonchev–Trinajstić information content (AvgIpc) is 2.51. The molecule has 0 radical (unpaired) electrons. The van der Waals surface area contributed by atoms with Crippen LogP contribution in [0.15, 0.2) is 24.4 Å². The molecule has 2 rings (SSSR count). The Hall–Kier alpha value is -2.57. The number of hydrogen-bond acceptors (Lipinski definition) is 4. The van der Waals surface area contributed by atoms with Crippen molar-refractivity contribution in [2.75, 3.05) is 5.32 Å². The second-order valence-electron chi connectivity index (χ2n) is 6.48. The molecular weight excluding hydrogens is 326 g/mol. The quantitative estimate of drug-likeness (QED) is 0.829. The number of nitrogens with zero attached hydrogens (tertiary/aromatic N) is 2. The van der Waals surface area contributed by atoms with Crippen molar-refractivity contribution in [2.24, 2.45) is 5.92 Å².